The van der Waals surface area contributed by atoms with E-state index in [1.807, 2.05) is 6.07 Å². The van der Waals surface area contributed by atoms with Crippen LogP contribution in [0.3, 0.4) is 0 Å². The Morgan fingerprint density at radius 3 is 2.90 bits per heavy atom. The summed E-state index contributed by atoms with van der Waals surface area (Å²) in [7, 11) is 0. The molecule has 0 aliphatic carbocycles. The van der Waals surface area contributed by atoms with Crippen LogP contribution in [0.25, 0.3) is 0 Å². The van der Waals surface area contributed by atoms with Crippen LogP contribution in [0.5, 0.6) is 0 Å². The standard InChI is InChI=1S/C8H10N2/c1-3-5-10-7-8(4-2)6-9/h3-4,7H,1,5H2,2H3/b8-4-,10-7-. The normalized spacial score (nSPS) is 11.4. The zero-order chi connectivity index (χ0) is 7.82. The molecule has 0 saturated heterocycles. The zero-order valence-electron chi connectivity index (χ0n) is 6.04. The minimum atomic E-state index is 0.568. The van der Waals surface area contributed by atoms with Gasteiger partial charge in [0.25, 0.3) is 0 Å². The van der Waals surface area contributed by atoms with Gasteiger partial charge < -0.3 is 0 Å². The van der Waals surface area contributed by atoms with Crippen LogP contribution >= 0.6 is 0 Å². The lowest BCUT2D eigenvalue weighted by molar-refractivity contribution is 1.26. The third kappa shape index (κ3) is 3.62. The van der Waals surface area contributed by atoms with Crippen molar-refractivity contribution in [3.63, 3.8) is 0 Å². The molecule has 0 bridgehead atoms. The van der Waals surface area contributed by atoms with Gasteiger partial charge in [0.05, 0.1) is 12.1 Å². The second-order valence-corrected chi connectivity index (χ2v) is 1.64. The summed E-state index contributed by atoms with van der Waals surface area (Å²) in [6.45, 7) is 5.87. The maximum atomic E-state index is 8.39. The highest BCUT2D eigenvalue weighted by molar-refractivity contribution is 5.83. The van der Waals surface area contributed by atoms with Gasteiger partial charge in [0.2, 0.25) is 0 Å². The Balaban J connectivity index is 3.89. The van der Waals surface area contributed by atoms with Gasteiger partial charge in [0, 0.05) is 6.21 Å². The summed E-state index contributed by atoms with van der Waals surface area (Å²) in [5, 5.41) is 8.39. The smallest absolute Gasteiger partial charge is 0.100 e. The Morgan fingerprint density at radius 1 is 1.80 bits per heavy atom. The van der Waals surface area contributed by atoms with E-state index in [4.69, 9.17) is 5.26 Å². The fraction of sp³-hybridized carbons (Fsp3) is 0.250. The number of allylic oxidation sites excluding steroid dienone is 2. The molecule has 0 N–H and O–H groups in total. The average molecular weight is 134 g/mol. The van der Waals surface area contributed by atoms with Crippen LogP contribution in [0, 0.1) is 11.3 Å². The summed E-state index contributed by atoms with van der Waals surface area (Å²) in [5.74, 6) is 0. The maximum Gasteiger partial charge on any atom is 0.100 e. The third-order valence-electron chi connectivity index (χ3n) is 0.905. The van der Waals surface area contributed by atoms with Crippen LogP contribution in [-0.4, -0.2) is 12.8 Å². The van der Waals surface area contributed by atoms with Crippen molar-refractivity contribution in [2.75, 3.05) is 6.54 Å². The van der Waals surface area contributed by atoms with Gasteiger partial charge in [0.15, 0.2) is 0 Å². The third-order valence-corrected chi connectivity index (χ3v) is 0.905. The second kappa shape index (κ2) is 5.77. The van der Waals surface area contributed by atoms with E-state index in [1.165, 1.54) is 0 Å². The lowest BCUT2D eigenvalue weighted by atomic mass is 10.3. The monoisotopic (exact) mass is 134 g/mol. The highest BCUT2D eigenvalue weighted by Crippen LogP contribution is 1.85. The molecule has 0 aliphatic rings. The first-order valence-electron chi connectivity index (χ1n) is 3.02. The maximum absolute atomic E-state index is 8.39. The summed E-state index contributed by atoms with van der Waals surface area (Å²) in [6, 6.07) is 1.99. The predicted molar refractivity (Wildman–Crippen MR) is 42.9 cm³/mol. The largest absolute Gasteiger partial charge is 0.288 e. The molecule has 0 aromatic heterocycles. The Hall–Kier alpha value is -1.36. The molecule has 0 rings (SSSR count). The van der Waals surface area contributed by atoms with Crippen LogP contribution in [0.2, 0.25) is 0 Å². The first kappa shape index (κ1) is 8.64. The Labute approximate surface area is 61.2 Å². The van der Waals surface area contributed by atoms with Crippen LogP contribution in [0.4, 0.5) is 0 Å². The van der Waals surface area contributed by atoms with Crippen molar-refractivity contribution < 1.29 is 0 Å². The summed E-state index contributed by atoms with van der Waals surface area (Å²) < 4.78 is 0. The lowest BCUT2D eigenvalue weighted by Crippen LogP contribution is -1.80. The highest BCUT2D eigenvalue weighted by Gasteiger charge is 1.82. The van der Waals surface area contributed by atoms with Crippen molar-refractivity contribution in [3.05, 3.63) is 24.3 Å². The SMILES string of the molecule is C=CC/N=C\C(C#N)=C/C. The molecular formula is C8H10N2. The van der Waals surface area contributed by atoms with E-state index in [9.17, 15) is 0 Å². The Bertz CT molecular complexity index is 194. The molecular weight excluding hydrogens is 124 g/mol. The van der Waals surface area contributed by atoms with E-state index in [2.05, 4.69) is 11.6 Å². The van der Waals surface area contributed by atoms with Gasteiger partial charge in [-0.2, -0.15) is 5.26 Å². The molecule has 0 radical (unpaired) electrons. The van der Waals surface area contributed by atoms with E-state index in [0.29, 0.717) is 12.1 Å². The molecule has 0 aliphatic heterocycles. The Morgan fingerprint density at radius 2 is 2.50 bits per heavy atom. The molecule has 10 heavy (non-hydrogen) atoms. The molecule has 2 heteroatoms. The Kier molecular flexibility index (Phi) is 4.99. The first-order valence-corrected chi connectivity index (χ1v) is 3.02. The van der Waals surface area contributed by atoms with Gasteiger partial charge in [-0.05, 0) is 6.92 Å². The van der Waals surface area contributed by atoms with Crippen LogP contribution in [0.15, 0.2) is 29.3 Å². The number of rotatable bonds is 3. The van der Waals surface area contributed by atoms with Crippen molar-refractivity contribution >= 4 is 6.21 Å². The lowest BCUT2D eigenvalue weighted by Gasteiger charge is -1.82. The molecule has 0 aromatic carbocycles. The van der Waals surface area contributed by atoms with E-state index in [0.717, 1.165) is 0 Å². The molecule has 0 amide bonds. The first-order chi connectivity index (χ1) is 4.85. The second-order valence-electron chi connectivity index (χ2n) is 1.64. The average Bonchev–Trinajstić information content (AvgIpc) is 1.99. The van der Waals surface area contributed by atoms with Crippen LogP contribution < -0.4 is 0 Å². The summed E-state index contributed by atoms with van der Waals surface area (Å²) >= 11 is 0. The van der Waals surface area contributed by atoms with Crippen LogP contribution in [-0.2, 0) is 0 Å². The molecule has 0 aromatic rings. The van der Waals surface area contributed by atoms with Gasteiger partial charge in [0.1, 0.15) is 6.07 Å². The van der Waals surface area contributed by atoms with Gasteiger partial charge in [-0.3, -0.25) is 4.99 Å². The quantitative estimate of drug-likeness (QED) is 0.329. The number of aliphatic imine (C=N–C) groups is 1. The number of hydrogen-bond donors (Lipinski definition) is 0. The van der Waals surface area contributed by atoms with E-state index in [1.54, 1.807) is 25.3 Å². The van der Waals surface area contributed by atoms with E-state index in [-0.39, 0.29) is 0 Å². The van der Waals surface area contributed by atoms with Crippen LogP contribution in [0.1, 0.15) is 6.92 Å². The fourth-order valence-electron chi connectivity index (χ4n) is 0.394. The van der Waals surface area contributed by atoms with Gasteiger partial charge >= 0.3 is 0 Å². The van der Waals surface area contributed by atoms with E-state index >= 15 is 0 Å². The predicted octanol–water partition coefficient (Wildman–Crippen LogP) is 1.71. The number of nitriles is 1. The molecule has 0 unspecified atom stereocenters. The van der Waals surface area contributed by atoms with Gasteiger partial charge in [-0.25, -0.2) is 0 Å². The minimum absolute atomic E-state index is 0.568. The summed E-state index contributed by atoms with van der Waals surface area (Å²) in [6.07, 6.45) is 4.94. The number of nitrogens with zero attached hydrogens (tertiary/aromatic N) is 2. The molecule has 0 saturated carbocycles. The van der Waals surface area contributed by atoms with Gasteiger partial charge in [-0.1, -0.05) is 12.2 Å². The number of hydrogen-bond acceptors (Lipinski definition) is 2. The van der Waals surface area contributed by atoms with E-state index < -0.39 is 0 Å². The van der Waals surface area contributed by atoms with Crippen molar-refractivity contribution in [3.8, 4) is 6.07 Å². The molecule has 0 fully saturated rings. The highest BCUT2D eigenvalue weighted by atomic mass is 14.7. The van der Waals surface area contributed by atoms with Crippen molar-refractivity contribution in [1.82, 2.24) is 0 Å². The van der Waals surface area contributed by atoms with Crippen molar-refractivity contribution in [2.24, 2.45) is 4.99 Å². The fourth-order valence-corrected chi connectivity index (χ4v) is 0.394. The zero-order valence-corrected chi connectivity index (χ0v) is 6.04. The summed E-state index contributed by atoms with van der Waals surface area (Å²) in [4.78, 5) is 3.90. The van der Waals surface area contributed by atoms with Gasteiger partial charge in [-0.15, -0.1) is 6.58 Å². The molecule has 0 atom stereocenters. The molecule has 0 heterocycles. The minimum Gasteiger partial charge on any atom is -0.288 e. The topological polar surface area (TPSA) is 36.1 Å². The van der Waals surface area contributed by atoms with Crippen molar-refractivity contribution in [2.45, 2.75) is 6.92 Å². The van der Waals surface area contributed by atoms with Crippen molar-refractivity contribution in [1.29, 1.82) is 5.26 Å². The molecule has 2 nitrogen and oxygen atoms in total. The molecule has 0 spiro atoms. The molecule has 52 valence electrons. The summed E-state index contributed by atoms with van der Waals surface area (Å²) in [5.41, 5.74) is 0.585.